The Morgan fingerprint density at radius 2 is 2.25 bits per heavy atom. The molecule has 1 atom stereocenters. The van der Waals surface area contributed by atoms with E-state index in [2.05, 4.69) is 25.6 Å². The number of guanidine groups is 1. The minimum atomic E-state index is -0.243. The highest BCUT2D eigenvalue weighted by atomic mass is 16.5. The van der Waals surface area contributed by atoms with Crippen molar-refractivity contribution in [2.75, 3.05) is 33.3 Å². The molecule has 1 aromatic rings. The summed E-state index contributed by atoms with van der Waals surface area (Å²) in [5.41, 5.74) is 0.801. The molecule has 0 bridgehead atoms. The fraction of sp³-hybridized carbons (Fsp3) is 0.688. The molecule has 1 aliphatic rings. The highest BCUT2D eigenvalue weighted by Crippen LogP contribution is 2.21. The summed E-state index contributed by atoms with van der Waals surface area (Å²) < 4.78 is 7.60. The number of amides is 1. The third-order valence-electron chi connectivity index (χ3n) is 3.60. The van der Waals surface area contributed by atoms with Crippen LogP contribution in [-0.2, 0) is 16.6 Å². The van der Waals surface area contributed by atoms with Gasteiger partial charge in [-0.15, -0.1) is 0 Å². The van der Waals surface area contributed by atoms with Gasteiger partial charge in [0.05, 0.1) is 25.9 Å². The molecule has 0 radical (unpaired) electrons. The van der Waals surface area contributed by atoms with Gasteiger partial charge in [-0.3, -0.25) is 14.5 Å². The molecule has 1 amide bonds. The lowest BCUT2D eigenvalue weighted by molar-refractivity contribution is -0.121. The van der Waals surface area contributed by atoms with Gasteiger partial charge in [0.25, 0.3) is 0 Å². The van der Waals surface area contributed by atoms with Crippen molar-refractivity contribution in [3.63, 3.8) is 0 Å². The van der Waals surface area contributed by atoms with E-state index >= 15 is 0 Å². The van der Waals surface area contributed by atoms with Gasteiger partial charge in [0.15, 0.2) is 5.96 Å². The lowest BCUT2D eigenvalue weighted by Crippen LogP contribution is -2.51. The van der Waals surface area contributed by atoms with Crippen LogP contribution in [0.3, 0.4) is 0 Å². The fourth-order valence-corrected chi connectivity index (χ4v) is 2.60. The zero-order valence-corrected chi connectivity index (χ0v) is 15.2. The number of aliphatic imine (C=N–C) groups is 1. The Hall–Kier alpha value is -2.09. The molecule has 1 aromatic heterocycles. The third-order valence-corrected chi connectivity index (χ3v) is 3.60. The molecule has 2 rings (SSSR count). The van der Waals surface area contributed by atoms with Gasteiger partial charge < -0.3 is 20.3 Å². The maximum atomic E-state index is 12.0. The lowest BCUT2D eigenvalue weighted by Gasteiger charge is -2.34. The highest BCUT2D eigenvalue weighted by Gasteiger charge is 2.25. The van der Waals surface area contributed by atoms with E-state index in [1.165, 1.54) is 0 Å². The number of hydrogen-bond acceptors (Lipinski definition) is 4. The van der Waals surface area contributed by atoms with E-state index in [-0.39, 0.29) is 24.1 Å². The molecule has 0 aliphatic carbocycles. The first-order chi connectivity index (χ1) is 11.3. The highest BCUT2D eigenvalue weighted by molar-refractivity contribution is 5.86. The zero-order valence-electron chi connectivity index (χ0n) is 15.2. The normalized spacial score (nSPS) is 19.3. The molecule has 134 valence electrons. The molecule has 1 fully saturated rings. The number of aryl methyl sites for hydroxylation is 1. The summed E-state index contributed by atoms with van der Waals surface area (Å²) in [5, 5.41) is 10.2. The first kappa shape index (κ1) is 18.3. The third kappa shape index (κ3) is 5.23. The fourth-order valence-electron chi connectivity index (χ4n) is 2.60. The summed E-state index contributed by atoms with van der Waals surface area (Å²) in [6, 6.07) is 0. The average Bonchev–Trinajstić information content (AvgIpc) is 2.93. The van der Waals surface area contributed by atoms with Gasteiger partial charge in [-0.2, -0.15) is 5.10 Å². The van der Waals surface area contributed by atoms with Crippen LogP contribution in [0.5, 0.6) is 0 Å². The van der Waals surface area contributed by atoms with Crippen LogP contribution in [0.25, 0.3) is 0 Å². The second-order valence-electron chi connectivity index (χ2n) is 6.95. The quantitative estimate of drug-likeness (QED) is 0.612. The van der Waals surface area contributed by atoms with E-state index in [4.69, 9.17) is 4.74 Å². The molecule has 8 heteroatoms. The largest absolute Gasteiger partial charge is 0.370 e. The van der Waals surface area contributed by atoms with Gasteiger partial charge in [-0.25, -0.2) is 0 Å². The summed E-state index contributed by atoms with van der Waals surface area (Å²) in [7, 11) is 3.61. The number of carbonyl (C=O) groups excluding carboxylic acids is 1. The molecule has 24 heavy (non-hydrogen) atoms. The Labute approximate surface area is 143 Å². The molecule has 1 saturated heterocycles. The van der Waals surface area contributed by atoms with Crippen LogP contribution in [0.15, 0.2) is 17.4 Å². The molecular formula is C16H28N6O2. The maximum Gasteiger partial charge on any atom is 0.239 e. The van der Waals surface area contributed by atoms with Crippen LogP contribution in [0, 0.1) is 0 Å². The molecule has 8 nitrogen and oxygen atoms in total. The summed E-state index contributed by atoms with van der Waals surface area (Å²) in [6.07, 6.45) is 3.73. The number of aromatic nitrogens is 2. The van der Waals surface area contributed by atoms with E-state index in [1.54, 1.807) is 11.7 Å². The molecule has 0 saturated carbocycles. The van der Waals surface area contributed by atoms with Crippen molar-refractivity contribution in [1.82, 2.24) is 25.3 Å². The topological polar surface area (TPSA) is 83.8 Å². The van der Waals surface area contributed by atoms with Crippen molar-refractivity contribution in [3.05, 3.63) is 18.0 Å². The van der Waals surface area contributed by atoms with E-state index in [1.807, 2.05) is 40.2 Å². The van der Waals surface area contributed by atoms with Gasteiger partial charge in [0, 0.05) is 37.9 Å². The van der Waals surface area contributed by atoms with Crippen molar-refractivity contribution in [3.8, 4) is 0 Å². The summed E-state index contributed by atoms with van der Waals surface area (Å²) in [4.78, 5) is 18.4. The molecule has 0 spiro atoms. The van der Waals surface area contributed by atoms with E-state index in [9.17, 15) is 4.79 Å². The van der Waals surface area contributed by atoms with Gasteiger partial charge in [-0.1, -0.05) is 0 Å². The predicted molar refractivity (Wildman–Crippen MR) is 92.7 cm³/mol. The first-order valence-electron chi connectivity index (χ1n) is 8.15. The number of nitrogens with one attached hydrogen (secondary N) is 2. The van der Waals surface area contributed by atoms with Crippen LogP contribution in [-0.4, -0.2) is 65.4 Å². The standard InChI is InChI=1S/C16H28N6O2/c1-16(2,3)20-14(23)9-18-15(17-4)22-6-7-24-13(11-22)12-8-19-21(5)10-12/h8,10,13H,6-7,9,11H2,1-5H3,(H,17,18)(H,20,23). The van der Waals surface area contributed by atoms with Gasteiger partial charge >= 0.3 is 0 Å². The Bertz CT molecular complexity index is 590. The van der Waals surface area contributed by atoms with Crippen molar-refractivity contribution < 1.29 is 9.53 Å². The molecule has 0 aromatic carbocycles. The molecule has 1 aliphatic heterocycles. The van der Waals surface area contributed by atoms with E-state index in [0.29, 0.717) is 19.1 Å². The van der Waals surface area contributed by atoms with Gasteiger partial charge in [-0.05, 0) is 20.8 Å². The number of carbonyl (C=O) groups is 1. The number of rotatable bonds is 3. The van der Waals surface area contributed by atoms with E-state index in [0.717, 1.165) is 12.1 Å². The van der Waals surface area contributed by atoms with Crippen molar-refractivity contribution in [2.24, 2.45) is 12.0 Å². The molecule has 2 heterocycles. The van der Waals surface area contributed by atoms with Gasteiger partial charge in [0.1, 0.15) is 6.10 Å². The number of hydrogen-bond donors (Lipinski definition) is 2. The number of ether oxygens (including phenoxy) is 1. The number of nitrogens with zero attached hydrogens (tertiary/aromatic N) is 4. The van der Waals surface area contributed by atoms with Crippen molar-refractivity contribution in [2.45, 2.75) is 32.4 Å². The summed E-state index contributed by atoms with van der Waals surface area (Å²) in [6.45, 7) is 8.08. The summed E-state index contributed by atoms with van der Waals surface area (Å²) >= 11 is 0. The Kier molecular flexibility index (Phi) is 5.82. The first-order valence-corrected chi connectivity index (χ1v) is 8.15. The second kappa shape index (κ2) is 7.65. The van der Waals surface area contributed by atoms with Crippen molar-refractivity contribution in [1.29, 1.82) is 0 Å². The Balaban J connectivity index is 1.91. The van der Waals surface area contributed by atoms with E-state index < -0.39 is 0 Å². The molecular weight excluding hydrogens is 308 g/mol. The molecule has 1 unspecified atom stereocenters. The minimum absolute atomic E-state index is 0.0469. The lowest BCUT2D eigenvalue weighted by atomic mass is 10.1. The number of morpholine rings is 1. The Morgan fingerprint density at radius 1 is 1.50 bits per heavy atom. The van der Waals surface area contributed by atoms with Gasteiger partial charge in [0.2, 0.25) is 5.91 Å². The smallest absolute Gasteiger partial charge is 0.239 e. The van der Waals surface area contributed by atoms with Crippen LogP contribution >= 0.6 is 0 Å². The van der Waals surface area contributed by atoms with Crippen LogP contribution in [0.4, 0.5) is 0 Å². The zero-order chi connectivity index (χ0) is 17.7. The maximum absolute atomic E-state index is 12.0. The predicted octanol–water partition coefficient (Wildman–Crippen LogP) is 0.284. The minimum Gasteiger partial charge on any atom is -0.370 e. The second-order valence-corrected chi connectivity index (χ2v) is 6.95. The van der Waals surface area contributed by atoms with Crippen LogP contribution in [0.1, 0.15) is 32.4 Å². The SMILES string of the molecule is CN=C(NCC(=O)NC(C)(C)C)N1CCOC(c2cnn(C)c2)C1. The van der Waals surface area contributed by atoms with Crippen LogP contribution < -0.4 is 10.6 Å². The average molecular weight is 336 g/mol. The van der Waals surface area contributed by atoms with Crippen LogP contribution in [0.2, 0.25) is 0 Å². The Morgan fingerprint density at radius 3 is 2.83 bits per heavy atom. The summed E-state index contributed by atoms with van der Waals surface area (Å²) in [5.74, 6) is 0.650. The molecule has 2 N–H and O–H groups in total. The monoisotopic (exact) mass is 336 g/mol. The van der Waals surface area contributed by atoms with Crippen molar-refractivity contribution >= 4 is 11.9 Å².